The van der Waals surface area contributed by atoms with Gasteiger partial charge < -0.3 is 4.74 Å². The Morgan fingerprint density at radius 3 is 2.62 bits per heavy atom. The smallest absolute Gasteiger partial charge is 0.127 e. The zero-order chi connectivity index (χ0) is 14.7. The van der Waals surface area contributed by atoms with Crippen LogP contribution in [0, 0.1) is 11.3 Å². The van der Waals surface area contributed by atoms with Gasteiger partial charge in [0.1, 0.15) is 12.4 Å². The highest BCUT2D eigenvalue weighted by atomic mass is 35.5. The topological polar surface area (TPSA) is 33.0 Å². The van der Waals surface area contributed by atoms with Crippen LogP contribution in [0.3, 0.4) is 0 Å². The summed E-state index contributed by atoms with van der Waals surface area (Å²) in [7, 11) is 0. The van der Waals surface area contributed by atoms with Gasteiger partial charge in [-0.3, -0.25) is 0 Å². The Bertz CT molecular complexity index is 831. The second kappa shape index (κ2) is 5.87. The van der Waals surface area contributed by atoms with Gasteiger partial charge in [0.2, 0.25) is 0 Å². The maximum atomic E-state index is 8.84. The highest BCUT2D eigenvalue weighted by molar-refractivity contribution is 6.31. The summed E-state index contributed by atoms with van der Waals surface area (Å²) in [4.78, 5) is 0. The Morgan fingerprint density at radius 1 is 1.00 bits per heavy atom. The maximum absolute atomic E-state index is 8.84. The number of halogens is 1. The van der Waals surface area contributed by atoms with E-state index in [1.54, 1.807) is 12.1 Å². The Morgan fingerprint density at radius 2 is 1.81 bits per heavy atom. The lowest BCUT2D eigenvalue weighted by atomic mass is 10.1. The number of rotatable bonds is 3. The van der Waals surface area contributed by atoms with E-state index in [0.717, 1.165) is 22.1 Å². The largest absolute Gasteiger partial charge is 0.488 e. The summed E-state index contributed by atoms with van der Waals surface area (Å²) < 4.78 is 5.89. The average Bonchev–Trinajstić information content (AvgIpc) is 2.53. The lowest BCUT2D eigenvalue weighted by molar-refractivity contribution is 0.310. The molecule has 0 unspecified atom stereocenters. The molecule has 3 aromatic rings. The summed E-state index contributed by atoms with van der Waals surface area (Å²) in [6.07, 6.45) is 0. The Balaban J connectivity index is 1.86. The molecule has 0 N–H and O–H groups in total. The standard InChI is InChI=1S/C18H12ClNO/c19-17-10-13(11-20)8-9-15(17)12-21-18-7-3-5-14-4-1-2-6-16(14)18/h1-10H,12H2. The number of nitrogens with zero attached hydrogens (tertiary/aromatic N) is 1. The molecule has 3 aromatic carbocycles. The van der Waals surface area contributed by atoms with Crippen LogP contribution < -0.4 is 4.74 Å². The van der Waals surface area contributed by atoms with E-state index < -0.39 is 0 Å². The van der Waals surface area contributed by atoms with E-state index in [-0.39, 0.29) is 0 Å². The van der Waals surface area contributed by atoms with Gasteiger partial charge in [0.25, 0.3) is 0 Å². The summed E-state index contributed by atoms with van der Waals surface area (Å²) in [5.74, 6) is 0.827. The van der Waals surface area contributed by atoms with E-state index in [1.807, 2.05) is 36.4 Å². The molecule has 0 bridgehead atoms. The van der Waals surface area contributed by atoms with Gasteiger partial charge >= 0.3 is 0 Å². The zero-order valence-electron chi connectivity index (χ0n) is 11.2. The van der Waals surface area contributed by atoms with E-state index in [4.69, 9.17) is 21.6 Å². The van der Waals surface area contributed by atoms with Crippen LogP contribution >= 0.6 is 11.6 Å². The molecule has 21 heavy (non-hydrogen) atoms. The van der Waals surface area contributed by atoms with E-state index in [9.17, 15) is 0 Å². The monoisotopic (exact) mass is 293 g/mol. The molecule has 0 aliphatic rings. The van der Waals surface area contributed by atoms with Gasteiger partial charge in [-0.2, -0.15) is 5.26 Å². The minimum atomic E-state index is 0.374. The van der Waals surface area contributed by atoms with Crippen LogP contribution in [-0.2, 0) is 6.61 Å². The zero-order valence-corrected chi connectivity index (χ0v) is 12.0. The van der Waals surface area contributed by atoms with Crippen LogP contribution in [0.4, 0.5) is 0 Å². The molecule has 0 fully saturated rings. The van der Waals surface area contributed by atoms with Gasteiger partial charge in [-0.1, -0.05) is 54.1 Å². The summed E-state index contributed by atoms with van der Waals surface area (Å²) >= 11 is 6.16. The van der Waals surface area contributed by atoms with Crippen LogP contribution in [0.2, 0.25) is 5.02 Å². The van der Waals surface area contributed by atoms with Crippen LogP contribution in [-0.4, -0.2) is 0 Å². The number of fused-ring (bicyclic) bond motifs is 1. The molecule has 2 nitrogen and oxygen atoms in total. The summed E-state index contributed by atoms with van der Waals surface area (Å²) in [5.41, 5.74) is 1.41. The molecule has 0 aromatic heterocycles. The fourth-order valence-electron chi connectivity index (χ4n) is 2.21. The molecule has 0 saturated heterocycles. The number of hydrogen-bond donors (Lipinski definition) is 0. The van der Waals surface area contributed by atoms with Crippen molar-refractivity contribution < 1.29 is 4.74 Å². The fraction of sp³-hybridized carbons (Fsp3) is 0.0556. The molecule has 0 aliphatic heterocycles. The van der Waals surface area contributed by atoms with Gasteiger partial charge in [0, 0.05) is 16.0 Å². The number of ether oxygens (including phenoxy) is 1. The average molecular weight is 294 g/mol. The molecular weight excluding hydrogens is 282 g/mol. The lowest BCUT2D eigenvalue weighted by Gasteiger charge is -2.10. The highest BCUT2D eigenvalue weighted by Gasteiger charge is 2.05. The number of hydrogen-bond acceptors (Lipinski definition) is 2. The Hall–Kier alpha value is -2.50. The van der Waals surface area contributed by atoms with Gasteiger partial charge in [0.15, 0.2) is 0 Å². The molecule has 0 radical (unpaired) electrons. The molecule has 0 aliphatic carbocycles. The first-order chi connectivity index (χ1) is 10.3. The van der Waals surface area contributed by atoms with Crippen molar-refractivity contribution in [2.45, 2.75) is 6.61 Å². The van der Waals surface area contributed by atoms with E-state index >= 15 is 0 Å². The molecule has 0 heterocycles. The van der Waals surface area contributed by atoms with Crippen LogP contribution in [0.15, 0.2) is 60.7 Å². The Labute approximate surface area is 128 Å². The quantitative estimate of drug-likeness (QED) is 0.685. The molecular formula is C18H12ClNO. The van der Waals surface area contributed by atoms with Crippen LogP contribution in [0.1, 0.15) is 11.1 Å². The maximum Gasteiger partial charge on any atom is 0.127 e. The normalized spacial score (nSPS) is 10.3. The van der Waals surface area contributed by atoms with Crippen molar-refractivity contribution in [3.05, 3.63) is 76.8 Å². The van der Waals surface area contributed by atoms with E-state index in [1.165, 1.54) is 0 Å². The molecule has 0 saturated carbocycles. The summed E-state index contributed by atoms with van der Waals surface area (Å²) in [6, 6.07) is 21.3. The summed E-state index contributed by atoms with van der Waals surface area (Å²) in [6.45, 7) is 0.374. The van der Waals surface area contributed by atoms with Gasteiger partial charge in [-0.15, -0.1) is 0 Å². The first-order valence-electron chi connectivity index (χ1n) is 6.57. The molecule has 3 heteroatoms. The van der Waals surface area contributed by atoms with Crippen molar-refractivity contribution in [2.24, 2.45) is 0 Å². The predicted octanol–water partition coefficient (Wildman–Crippen LogP) is 4.94. The minimum absolute atomic E-state index is 0.374. The second-order valence-corrected chi connectivity index (χ2v) is 5.09. The Kier molecular flexibility index (Phi) is 3.77. The molecule has 102 valence electrons. The van der Waals surface area contributed by atoms with Gasteiger partial charge in [0.05, 0.1) is 11.6 Å². The highest BCUT2D eigenvalue weighted by Crippen LogP contribution is 2.27. The molecule has 0 amide bonds. The fourth-order valence-corrected chi connectivity index (χ4v) is 2.45. The third-order valence-electron chi connectivity index (χ3n) is 3.31. The first kappa shape index (κ1) is 13.5. The van der Waals surface area contributed by atoms with Crippen LogP contribution in [0.25, 0.3) is 10.8 Å². The lowest BCUT2D eigenvalue weighted by Crippen LogP contribution is -1.97. The first-order valence-corrected chi connectivity index (χ1v) is 6.95. The van der Waals surface area contributed by atoms with Crippen LogP contribution in [0.5, 0.6) is 5.75 Å². The molecule has 3 rings (SSSR count). The van der Waals surface area contributed by atoms with E-state index in [0.29, 0.717) is 17.2 Å². The van der Waals surface area contributed by atoms with E-state index in [2.05, 4.69) is 18.2 Å². The second-order valence-electron chi connectivity index (χ2n) is 4.68. The number of benzene rings is 3. The van der Waals surface area contributed by atoms with Crippen molar-refractivity contribution in [1.29, 1.82) is 5.26 Å². The van der Waals surface area contributed by atoms with Gasteiger partial charge in [-0.25, -0.2) is 0 Å². The number of nitriles is 1. The van der Waals surface area contributed by atoms with Crippen molar-refractivity contribution in [1.82, 2.24) is 0 Å². The third kappa shape index (κ3) is 2.84. The van der Waals surface area contributed by atoms with Gasteiger partial charge in [-0.05, 0) is 23.6 Å². The van der Waals surface area contributed by atoms with Crippen molar-refractivity contribution >= 4 is 22.4 Å². The SMILES string of the molecule is N#Cc1ccc(COc2cccc3ccccc23)c(Cl)c1. The molecule has 0 atom stereocenters. The summed E-state index contributed by atoms with van der Waals surface area (Å²) in [5, 5.41) is 11.6. The van der Waals surface area contributed by atoms with Crippen molar-refractivity contribution in [2.75, 3.05) is 0 Å². The third-order valence-corrected chi connectivity index (χ3v) is 3.67. The van der Waals surface area contributed by atoms with Crippen molar-refractivity contribution in [3.8, 4) is 11.8 Å². The molecule has 0 spiro atoms. The van der Waals surface area contributed by atoms with Crippen molar-refractivity contribution in [3.63, 3.8) is 0 Å². The minimum Gasteiger partial charge on any atom is -0.488 e. The predicted molar refractivity (Wildman–Crippen MR) is 84.4 cm³/mol.